The van der Waals surface area contributed by atoms with Crippen molar-refractivity contribution in [2.45, 2.75) is 26.7 Å². The Balaban J connectivity index is 3.01. The zero-order valence-corrected chi connectivity index (χ0v) is 10.5. The first-order valence-corrected chi connectivity index (χ1v) is 7.15. The number of hydrogen-bond acceptors (Lipinski definition) is 4. The normalized spacial score (nSPS) is 11.6. The zero-order valence-electron chi connectivity index (χ0n) is 8.81. The fraction of sp³-hybridized carbons (Fsp3) is 0.556. The fourth-order valence-electron chi connectivity index (χ4n) is 0.999. The minimum atomic E-state index is -0.828. The lowest BCUT2D eigenvalue weighted by molar-refractivity contribution is 0.585. The quantitative estimate of drug-likeness (QED) is 0.746. The maximum absolute atomic E-state index is 5.41. The average Bonchev–Trinajstić information content (AvgIpc) is 2.01. The maximum Gasteiger partial charge on any atom is 0.386 e. The Labute approximate surface area is 90.4 Å². The Morgan fingerprint density at radius 2 is 2.07 bits per heavy atom. The van der Waals surface area contributed by atoms with Crippen LogP contribution in [0.2, 0.25) is 0 Å². The summed E-state index contributed by atoms with van der Waals surface area (Å²) in [7, 11) is 0. The number of rotatable bonds is 3. The molecular weight excluding hydrogens is 215 g/mol. The van der Waals surface area contributed by atoms with Crippen molar-refractivity contribution >= 4 is 18.7 Å². The van der Waals surface area contributed by atoms with Gasteiger partial charge in [0, 0.05) is 17.7 Å². The molecule has 0 aromatic carbocycles. The highest BCUT2D eigenvalue weighted by atomic mass is 32.4. The van der Waals surface area contributed by atoms with E-state index in [0.717, 1.165) is 11.5 Å². The molecule has 1 aromatic rings. The molecule has 0 fully saturated rings. The van der Waals surface area contributed by atoms with Crippen LogP contribution in [0.5, 0.6) is 5.88 Å². The van der Waals surface area contributed by atoms with Crippen LogP contribution in [0, 0.1) is 6.92 Å². The first-order chi connectivity index (χ1) is 6.49. The van der Waals surface area contributed by atoms with Crippen LogP contribution in [0.3, 0.4) is 0 Å². The third-order valence-electron chi connectivity index (χ3n) is 1.59. The second-order valence-corrected chi connectivity index (χ2v) is 6.00. The van der Waals surface area contributed by atoms with Crippen LogP contribution in [0.4, 0.5) is 0 Å². The van der Waals surface area contributed by atoms with Gasteiger partial charge in [0.1, 0.15) is 12.5 Å². The zero-order chi connectivity index (χ0) is 10.7. The summed E-state index contributed by atoms with van der Waals surface area (Å²) < 4.78 is 5.41. The molecule has 0 aliphatic carbocycles. The first-order valence-electron chi connectivity index (χ1n) is 4.43. The molecule has 0 radical (unpaired) electrons. The van der Waals surface area contributed by atoms with Gasteiger partial charge in [-0.15, -0.1) is 0 Å². The van der Waals surface area contributed by atoms with E-state index in [9.17, 15) is 0 Å². The van der Waals surface area contributed by atoms with E-state index < -0.39 is 6.92 Å². The lowest BCUT2D eigenvalue weighted by atomic mass is 10.2. The van der Waals surface area contributed by atoms with Crippen molar-refractivity contribution in [3.05, 3.63) is 17.6 Å². The first kappa shape index (κ1) is 11.5. The van der Waals surface area contributed by atoms with Crippen molar-refractivity contribution in [2.75, 3.05) is 6.66 Å². The smallest absolute Gasteiger partial charge is 0.258 e. The van der Waals surface area contributed by atoms with Crippen LogP contribution in [0.25, 0.3) is 0 Å². The molecule has 3 nitrogen and oxygen atoms in total. The van der Waals surface area contributed by atoms with Crippen LogP contribution in [0.15, 0.2) is 6.07 Å². The lowest BCUT2D eigenvalue weighted by Gasteiger charge is -2.04. The van der Waals surface area contributed by atoms with Gasteiger partial charge in [0.25, 0.3) is 5.88 Å². The summed E-state index contributed by atoms with van der Waals surface area (Å²) in [5.74, 6) is 1.72. The molecule has 0 spiro atoms. The largest absolute Gasteiger partial charge is 0.386 e. The highest BCUT2D eigenvalue weighted by molar-refractivity contribution is 8.02. The average molecular weight is 229 g/mol. The second-order valence-electron chi connectivity index (χ2n) is 3.39. The highest BCUT2D eigenvalue weighted by Gasteiger charge is 2.11. The van der Waals surface area contributed by atoms with Crippen LogP contribution < -0.4 is 4.52 Å². The topological polar surface area (TPSA) is 35.0 Å². The van der Waals surface area contributed by atoms with E-state index in [1.54, 1.807) is 0 Å². The van der Waals surface area contributed by atoms with Crippen LogP contribution >= 0.6 is 6.92 Å². The van der Waals surface area contributed by atoms with E-state index in [4.69, 9.17) is 16.3 Å². The molecule has 0 N–H and O–H groups in total. The van der Waals surface area contributed by atoms with Crippen LogP contribution in [-0.4, -0.2) is 16.6 Å². The van der Waals surface area contributed by atoms with Crippen molar-refractivity contribution in [2.24, 2.45) is 0 Å². The fourth-order valence-corrected chi connectivity index (χ4v) is 1.58. The number of nitrogens with zero attached hydrogens (tertiary/aromatic N) is 2. The van der Waals surface area contributed by atoms with Gasteiger partial charge in [0.2, 0.25) is 11.8 Å². The predicted molar refractivity (Wildman–Crippen MR) is 61.7 cm³/mol. The second kappa shape index (κ2) is 4.76. The van der Waals surface area contributed by atoms with Crippen molar-refractivity contribution in [3.8, 4) is 5.88 Å². The molecule has 0 saturated carbocycles. The van der Waals surface area contributed by atoms with Crippen molar-refractivity contribution in [1.82, 2.24) is 9.97 Å². The van der Waals surface area contributed by atoms with Crippen molar-refractivity contribution < 1.29 is 4.52 Å². The lowest BCUT2D eigenvalue weighted by Crippen LogP contribution is -2.00. The summed E-state index contributed by atoms with van der Waals surface area (Å²) in [4.78, 5) is 8.61. The van der Waals surface area contributed by atoms with E-state index in [2.05, 4.69) is 23.8 Å². The molecule has 0 aliphatic rings. The molecular formula is C9H14N2OPS+. The standard InChI is InChI=1S/C9H14N2OPS/c1-6(2)9-10-7(3)5-8(11-9)12-13(4)14/h5-6H,1-4H3/q+1. The molecule has 1 aromatic heterocycles. The van der Waals surface area contributed by atoms with Gasteiger partial charge in [-0.3, -0.25) is 4.52 Å². The predicted octanol–water partition coefficient (Wildman–Crippen LogP) is 2.78. The summed E-state index contributed by atoms with van der Waals surface area (Å²) in [5.41, 5.74) is 0.922. The molecule has 76 valence electrons. The molecule has 14 heavy (non-hydrogen) atoms. The summed E-state index contributed by atoms with van der Waals surface area (Å²) in [5, 5.41) is 0. The molecule has 1 heterocycles. The molecule has 0 saturated heterocycles. The third-order valence-corrected chi connectivity index (χ3v) is 2.25. The van der Waals surface area contributed by atoms with E-state index in [1.165, 1.54) is 0 Å². The van der Waals surface area contributed by atoms with Gasteiger partial charge < -0.3 is 0 Å². The number of hydrogen-bond donors (Lipinski definition) is 0. The van der Waals surface area contributed by atoms with Crippen molar-refractivity contribution in [3.63, 3.8) is 0 Å². The molecule has 0 amide bonds. The maximum atomic E-state index is 5.41. The van der Waals surface area contributed by atoms with Crippen molar-refractivity contribution in [1.29, 1.82) is 0 Å². The molecule has 1 unspecified atom stereocenters. The molecule has 5 heteroatoms. The Morgan fingerprint density at radius 3 is 2.57 bits per heavy atom. The van der Waals surface area contributed by atoms with Gasteiger partial charge in [-0.25, -0.2) is 4.98 Å². The Hall–Kier alpha value is -0.600. The van der Waals surface area contributed by atoms with Gasteiger partial charge in [0.15, 0.2) is 0 Å². The Kier molecular flexibility index (Phi) is 3.90. The van der Waals surface area contributed by atoms with Gasteiger partial charge in [-0.1, -0.05) is 13.8 Å². The van der Waals surface area contributed by atoms with E-state index >= 15 is 0 Å². The highest BCUT2D eigenvalue weighted by Crippen LogP contribution is 2.23. The number of aryl methyl sites for hydroxylation is 1. The summed E-state index contributed by atoms with van der Waals surface area (Å²) in [6.45, 7) is 7.09. The van der Waals surface area contributed by atoms with Crippen LogP contribution in [-0.2, 0) is 11.8 Å². The Bertz CT molecular complexity index is 355. The number of aromatic nitrogens is 2. The summed E-state index contributed by atoms with van der Waals surface area (Å²) >= 11 is 5.00. The minimum Gasteiger partial charge on any atom is -0.258 e. The van der Waals surface area contributed by atoms with E-state index in [-0.39, 0.29) is 0 Å². The molecule has 0 bridgehead atoms. The van der Waals surface area contributed by atoms with Crippen LogP contribution in [0.1, 0.15) is 31.3 Å². The monoisotopic (exact) mass is 229 g/mol. The SMILES string of the molecule is Cc1cc(O[P+](C)=S)nc(C(C)C)n1. The summed E-state index contributed by atoms with van der Waals surface area (Å²) in [6, 6.07) is 1.82. The van der Waals surface area contributed by atoms with Gasteiger partial charge >= 0.3 is 6.92 Å². The molecule has 1 atom stereocenters. The van der Waals surface area contributed by atoms with Gasteiger partial charge in [-0.2, -0.15) is 4.98 Å². The third kappa shape index (κ3) is 3.28. The molecule has 0 aliphatic heterocycles. The van der Waals surface area contributed by atoms with Gasteiger partial charge in [0.05, 0.1) is 0 Å². The van der Waals surface area contributed by atoms with Gasteiger partial charge in [-0.05, 0) is 6.92 Å². The van der Waals surface area contributed by atoms with E-state index in [1.807, 2.05) is 19.7 Å². The summed E-state index contributed by atoms with van der Waals surface area (Å²) in [6.07, 6.45) is 0. The minimum absolute atomic E-state index is 0.311. The van der Waals surface area contributed by atoms with E-state index in [0.29, 0.717) is 11.8 Å². The molecule has 1 rings (SSSR count). The Morgan fingerprint density at radius 1 is 1.43 bits per heavy atom.